The van der Waals surface area contributed by atoms with E-state index in [4.69, 9.17) is 4.74 Å². The maximum atomic E-state index is 16.4. The number of piperidine rings is 1. The van der Waals surface area contributed by atoms with Crippen LogP contribution >= 0.6 is 0 Å². The van der Waals surface area contributed by atoms with Gasteiger partial charge in [0.2, 0.25) is 0 Å². The zero-order chi connectivity index (χ0) is 56.7. The number of aromatic nitrogens is 2. The first-order valence-electron chi connectivity index (χ1n) is 30.2. The third kappa shape index (κ3) is 9.66. The molecule has 13 nitrogen and oxygen atoms in total. The number of fused-ring (bicyclic) bond motifs is 8. The highest BCUT2D eigenvalue weighted by Gasteiger charge is 2.48. The number of carbonyl (C=O) groups excluding carboxylic acids is 2. The monoisotopic (exact) mass is 1110 g/mol. The van der Waals surface area contributed by atoms with Crippen LogP contribution in [0.25, 0.3) is 23.3 Å². The molecule has 426 valence electrons. The van der Waals surface area contributed by atoms with Gasteiger partial charge in [-0.2, -0.15) is 0 Å². The van der Waals surface area contributed by atoms with E-state index in [1.165, 1.54) is 0 Å². The number of aromatic hydroxyl groups is 2. The van der Waals surface area contributed by atoms with Crippen molar-refractivity contribution in [3.8, 4) is 40.2 Å². The summed E-state index contributed by atoms with van der Waals surface area (Å²) in [6, 6.07) is 24.4. The van der Waals surface area contributed by atoms with Crippen LogP contribution in [0.3, 0.4) is 0 Å². The minimum Gasteiger partial charge on any atom is -0.507 e. The van der Waals surface area contributed by atoms with Gasteiger partial charge in [0, 0.05) is 77.5 Å². The number of benzene rings is 4. The molecule has 2 aromatic heterocycles. The number of rotatable bonds is 6. The lowest BCUT2D eigenvalue weighted by Gasteiger charge is -2.40. The van der Waals surface area contributed by atoms with Gasteiger partial charge in [-0.05, 0) is 188 Å². The van der Waals surface area contributed by atoms with E-state index in [0.717, 1.165) is 95.1 Å². The van der Waals surface area contributed by atoms with Crippen LogP contribution in [-0.4, -0.2) is 95.2 Å². The van der Waals surface area contributed by atoms with Crippen LogP contribution in [0.5, 0.6) is 17.2 Å². The Hall–Kier alpha value is -7.44. The van der Waals surface area contributed by atoms with Gasteiger partial charge in [0.25, 0.3) is 0 Å². The van der Waals surface area contributed by atoms with Gasteiger partial charge in [0.15, 0.2) is 17.3 Å². The molecular weight excluding hydrogens is 1040 g/mol. The Morgan fingerprint density at radius 3 is 2.45 bits per heavy atom. The number of hydrogen-bond acceptors (Lipinski definition) is 11. The fraction of sp³-hybridized carbons (Fsp3) is 0.400. The molecule has 2 fully saturated rings. The number of aryl methyl sites for hydroxylation is 2. The minimum absolute atomic E-state index is 0.0706. The normalized spacial score (nSPS) is 29.8. The number of carbonyl (C=O) groups is 2. The number of ether oxygens (including phenoxy) is 1. The first-order valence-corrected chi connectivity index (χ1v) is 30.2. The van der Waals surface area contributed by atoms with E-state index in [9.17, 15) is 30.6 Å². The summed E-state index contributed by atoms with van der Waals surface area (Å²) in [5, 5.41) is 81.9. The van der Waals surface area contributed by atoms with E-state index < -0.39 is 71.7 Å². The largest absolute Gasteiger partial charge is 0.507 e. The van der Waals surface area contributed by atoms with Crippen molar-refractivity contribution < 1.29 is 45.0 Å². The minimum atomic E-state index is -1.48. The van der Waals surface area contributed by atoms with Crippen molar-refractivity contribution in [2.75, 3.05) is 18.5 Å². The van der Waals surface area contributed by atoms with Gasteiger partial charge in [0.05, 0.1) is 29.6 Å². The van der Waals surface area contributed by atoms with Gasteiger partial charge < -0.3 is 56.0 Å². The number of H-pyrrole nitrogens is 2. The van der Waals surface area contributed by atoms with Crippen molar-refractivity contribution in [1.82, 2.24) is 15.3 Å². The summed E-state index contributed by atoms with van der Waals surface area (Å²) < 4.78 is 6.65. The van der Waals surface area contributed by atoms with Crippen LogP contribution in [0.1, 0.15) is 149 Å². The van der Waals surface area contributed by atoms with Crippen molar-refractivity contribution in [2.45, 2.75) is 137 Å². The Labute approximate surface area is 483 Å². The molecule has 0 radical (unpaired) electrons. The average Bonchev–Trinajstić information content (AvgIpc) is 3.75. The first-order chi connectivity index (χ1) is 40.4. The molecule has 10 N–H and O–H groups in total. The highest BCUT2D eigenvalue weighted by Crippen LogP contribution is 2.52. The Bertz CT molecular complexity index is 3690. The van der Waals surface area contributed by atoms with Gasteiger partial charge in [-0.3, -0.25) is 9.59 Å². The van der Waals surface area contributed by atoms with Crippen molar-refractivity contribution >= 4 is 29.5 Å². The van der Waals surface area contributed by atoms with Gasteiger partial charge in [-0.25, -0.2) is 0 Å². The molecular formula is C70H72N4O9. The maximum Gasteiger partial charge on any atom is 0.163 e. The number of anilines is 1. The van der Waals surface area contributed by atoms with Crippen LogP contribution in [0.2, 0.25) is 0 Å². The number of phenols is 2. The molecule has 13 heteroatoms. The Morgan fingerprint density at radius 1 is 0.771 bits per heavy atom. The van der Waals surface area contributed by atoms with E-state index >= 15 is 9.59 Å². The highest BCUT2D eigenvalue weighted by molar-refractivity contribution is 6.05. The summed E-state index contributed by atoms with van der Waals surface area (Å²) in [6.45, 7) is 0.242. The smallest absolute Gasteiger partial charge is 0.163 e. The molecule has 83 heavy (non-hydrogen) atoms. The van der Waals surface area contributed by atoms with E-state index in [1.807, 2.05) is 42.7 Å². The zero-order valence-corrected chi connectivity index (χ0v) is 46.5. The summed E-state index contributed by atoms with van der Waals surface area (Å²) in [7, 11) is 0. The molecule has 5 aliphatic carbocycles. The quantitative estimate of drug-likeness (QED) is 0.0430. The van der Waals surface area contributed by atoms with E-state index in [1.54, 1.807) is 36.4 Å². The lowest BCUT2D eigenvalue weighted by Crippen LogP contribution is -2.48. The van der Waals surface area contributed by atoms with Crippen LogP contribution < -0.4 is 15.4 Å². The van der Waals surface area contributed by atoms with Gasteiger partial charge in [-0.1, -0.05) is 78.6 Å². The van der Waals surface area contributed by atoms with Gasteiger partial charge in [-0.15, -0.1) is 0 Å². The Balaban J connectivity index is 1.01. The van der Waals surface area contributed by atoms with Gasteiger partial charge in [0.1, 0.15) is 29.5 Å². The molecule has 12 atom stereocenters. The molecule has 1 saturated carbocycles. The Morgan fingerprint density at radius 2 is 1.60 bits per heavy atom. The highest BCUT2D eigenvalue weighted by atomic mass is 16.5. The predicted octanol–water partition coefficient (Wildman–Crippen LogP) is 9.97. The zero-order valence-electron chi connectivity index (χ0n) is 46.5. The van der Waals surface area contributed by atoms with Crippen LogP contribution in [-0.2, 0) is 28.9 Å². The number of nitrogens with one attached hydrogen (secondary N) is 4. The molecule has 4 aromatic carbocycles. The van der Waals surface area contributed by atoms with Crippen molar-refractivity contribution in [2.24, 2.45) is 23.7 Å². The third-order valence-electron chi connectivity index (χ3n) is 20.0. The van der Waals surface area contributed by atoms with E-state index in [0.29, 0.717) is 47.5 Å². The summed E-state index contributed by atoms with van der Waals surface area (Å²) in [6.07, 6.45) is 17.6. The van der Waals surface area contributed by atoms with Crippen molar-refractivity contribution in [3.63, 3.8) is 0 Å². The maximum absolute atomic E-state index is 16.4. The number of Topliss-reactive ketones (excluding diaryl/α,β-unsaturated/α-hetero) is 2. The molecule has 5 aliphatic heterocycles. The molecule has 12 bridgehead atoms. The number of aliphatic hydroxyl groups excluding tert-OH is 3. The summed E-state index contributed by atoms with van der Waals surface area (Å²) in [4.78, 5) is 38.7. The van der Waals surface area contributed by atoms with Crippen LogP contribution in [0.15, 0.2) is 115 Å². The van der Waals surface area contributed by atoms with Crippen LogP contribution in [0, 0.1) is 35.5 Å². The topological polar surface area (TPSA) is 220 Å². The summed E-state index contributed by atoms with van der Waals surface area (Å²) in [5.41, 5.74) is 9.10. The second-order valence-corrected chi connectivity index (χ2v) is 24.9. The van der Waals surface area contributed by atoms with Crippen LogP contribution in [0.4, 0.5) is 5.82 Å². The summed E-state index contributed by atoms with van der Waals surface area (Å²) >= 11 is 0. The number of phenolic OH excluding ortho intramolecular Hbond substituents is 2. The predicted molar refractivity (Wildman–Crippen MR) is 318 cm³/mol. The van der Waals surface area contributed by atoms with Gasteiger partial charge >= 0.3 is 0 Å². The number of aromatic amines is 2. The number of hydrogen-bond donors (Lipinski definition) is 10. The number of ketones is 2. The molecule has 0 amide bonds. The van der Waals surface area contributed by atoms with Crippen molar-refractivity contribution in [1.29, 1.82) is 0 Å². The molecule has 1 saturated heterocycles. The van der Waals surface area contributed by atoms with E-state index in [-0.39, 0.29) is 72.3 Å². The lowest BCUT2D eigenvalue weighted by molar-refractivity contribution is -0.135. The molecule has 10 aliphatic rings. The second-order valence-electron chi connectivity index (χ2n) is 24.9. The average molecular weight is 1110 g/mol. The fourth-order valence-corrected chi connectivity index (χ4v) is 15.6. The van der Waals surface area contributed by atoms with E-state index in [2.05, 4.69) is 74.9 Å². The molecule has 16 rings (SSSR count). The molecule has 7 heterocycles. The first kappa shape index (κ1) is 53.6. The SMILES string of the molecule is O=C1CCc2cc(OC3CCCC3)c(O)c(c2)C(O)c2cc3c4cc2-c2ccccc2CC2CCC(NC2)C2C#CC(Nc5[nH]ccc5C3C=CC4C2O)C2=Cc3[nH]ccc3C(CC3(O)C=Cc4c(O)cccc4CC3)C2C(=O)C1CCO. The third-order valence-corrected chi connectivity index (χ3v) is 20.0. The standard InChI is InChI=1S/C70H72N4O9/c75-29-24-50-62(77)19-13-38-31-56(67(80)63(32-38)83-42-8-2-3-9-42)66(79)54-34-52-45-14-15-47-53(52)33-51(54)43-10-4-1-6-41(43)30-39-12-17-58(73-37-39)49(65(47)78)16-18-59(74-69-48(45)23-28-72-69)55-35-60-46(22-27-71-60)57(64(55)68(50)81)36-70(82)25-20-40-7-5-11-61(76)44(40)21-26-70/h1,4-7,10-11,14-15,21-23,26-28,31-35,39,42,45,47,49-50,57-59,64-66,71-76,78-80,82H,2-3,8-9,12-13,17,19-20,24-25,29-30,36-37H2. The lowest BCUT2D eigenvalue weighted by atomic mass is 9.65. The number of aliphatic hydroxyl groups is 4. The molecule has 6 aromatic rings. The number of allylic oxidation sites excluding steroid dienone is 1. The Kier molecular flexibility index (Phi) is 14.0. The molecule has 0 spiro atoms. The fourth-order valence-electron chi connectivity index (χ4n) is 15.6. The molecule has 12 unspecified atom stereocenters. The summed E-state index contributed by atoms with van der Waals surface area (Å²) in [5.74, 6) is 3.02. The van der Waals surface area contributed by atoms with Crippen molar-refractivity contribution in [3.05, 3.63) is 176 Å². The second kappa shape index (κ2) is 21.6.